The topological polar surface area (TPSA) is 51.5 Å². The lowest BCUT2D eigenvalue weighted by Crippen LogP contribution is -2.20. The van der Waals surface area contributed by atoms with Crippen LogP contribution in [0.25, 0.3) is 10.9 Å². The predicted molar refractivity (Wildman–Crippen MR) is 122 cm³/mol. The van der Waals surface area contributed by atoms with Crippen molar-refractivity contribution in [3.63, 3.8) is 0 Å². The number of likely N-dealkylation sites (N-methyl/N-ethyl adjacent to an activating group) is 1. The minimum Gasteiger partial charge on any atom is -0.490 e. The average Bonchev–Trinajstić information content (AvgIpc) is 2.87. The molecule has 5 nitrogen and oxygen atoms in total. The van der Waals surface area contributed by atoms with Crippen LogP contribution in [-0.4, -0.2) is 44.5 Å². The molecule has 0 bridgehead atoms. The highest BCUT2D eigenvalue weighted by Gasteiger charge is 2.29. The molecule has 156 valence electrons. The van der Waals surface area contributed by atoms with Crippen LogP contribution in [0.3, 0.4) is 0 Å². The Kier molecular flexibility index (Phi) is 6.56. The Morgan fingerprint density at radius 1 is 1.14 bits per heavy atom. The zero-order valence-electron chi connectivity index (χ0n) is 16.5. The fourth-order valence-electron chi connectivity index (χ4n) is 3.13. The zero-order chi connectivity index (χ0) is 21.5. The van der Waals surface area contributed by atoms with Crippen LogP contribution in [-0.2, 0) is 10.0 Å². The van der Waals surface area contributed by atoms with Gasteiger partial charge in [-0.05, 0) is 73.7 Å². The third-order valence-corrected chi connectivity index (χ3v) is 7.77. The number of hydrogen-bond acceptors (Lipinski definition) is 4. The predicted octanol–water partition coefficient (Wildman–Crippen LogP) is 5.50. The molecule has 0 aliphatic rings. The van der Waals surface area contributed by atoms with Crippen molar-refractivity contribution in [3.8, 4) is 5.75 Å². The van der Waals surface area contributed by atoms with Gasteiger partial charge in [-0.3, -0.25) is 0 Å². The van der Waals surface area contributed by atoms with Crippen molar-refractivity contribution in [3.05, 3.63) is 56.1 Å². The number of benzene rings is 2. The number of ether oxygens (including phenoxy) is 1. The summed E-state index contributed by atoms with van der Waals surface area (Å²) in [6.07, 6.45) is 0. The van der Waals surface area contributed by atoms with Crippen LogP contribution in [0.15, 0.2) is 39.7 Å². The highest BCUT2D eigenvalue weighted by Crippen LogP contribution is 2.41. The van der Waals surface area contributed by atoms with Gasteiger partial charge in [0.25, 0.3) is 10.0 Å². The van der Waals surface area contributed by atoms with E-state index in [0.29, 0.717) is 45.0 Å². The van der Waals surface area contributed by atoms with Gasteiger partial charge in [-0.2, -0.15) is 0 Å². The Morgan fingerprint density at radius 2 is 1.83 bits per heavy atom. The first-order valence-electron chi connectivity index (χ1n) is 8.83. The van der Waals surface area contributed by atoms with E-state index in [4.69, 9.17) is 27.9 Å². The van der Waals surface area contributed by atoms with E-state index in [1.54, 1.807) is 31.2 Å². The number of rotatable bonds is 6. The summed E-state index contributed by atoms with van der Waals surface area (Å²) in [6.45, 7) is 4.67. The smallest absolute Gasteiger partial charge is 0.269 e. The Bertz CT molecular complexity index is 1190. The maximum atomic E-state index is 13.6. The van der Waals surface area contributed by atoms with Crippen LogP contribution in [0.2, 0.25) is 10.0 Å². The first-order valence-corrected chi connectivity index (χ1v) is 11.8. The van der Waals surface area contributed by atoms with Crippen LogP contribution in [0.5, 0.6) is 5.75 Å². The Balaban J connectivity index is 2.28. The number of aryl methyl sites for hydroxylation is 1. The molecule has 2 aromatic carbocycles. The minimum atomic E-state index is -3.95. The molecule has 0 aliphatic heterocycles. The molecule has 1 aromatic heterocycles. The summed E-state index contributed by atoms with van der Waals surface area (Å²) >= 11 is 16.0. The second kappa shape index (κ2) is 8.47. The largest absolute Gasteiger partial charge is 0.490 e. The molecule has 0 fully saturated rings. The molecule has 0 unspecified atom stereocenters. The van der Waals surface area contributed by atoms with Crippen molar-refractivity contribution in [2.24, 2.45) is 0 Å². The molecule has 0 N–H and O–H groups in total. The van der Waals surface area contributed by atoms with E-state index in [9.17, 15) is 8.42 Å². The second-order valence-electron chi connectivity index (χ2n) is 7.05. The molecule has 3 aromatic rings. The van der Waals surface area contributed by atoms with Crippen molar-refractivity contribution < 1.29 is 13.2 Å². The van der Waals surface area contributed by atoms with Gasteiger partial charge in [0.15, 0.2) is 0 Å². The van der Waals surface area contributed by atoms with Crippen LogP contribution < -0.4 is 4.74 Å². The van der Waals surface area contributed by atoms with Crippen LogP contribution in [0.1, 0.15) is 11.3 Å². The molecule has 1 heterocycles. The first kappa shape index (κ1) is 22.4. The van der Waals surface area contributed by atoms with Gasteiger partial charge in [-0.15, -0.1) is 0 Å². The third kappa shape index (κ3) is 4.30. The average molecular weight is 520 g/mol. The second-order valence-corrected chi connectivity index (χ2v) is 10.5. The van der Waals surface area contributed by atoms with E-state index in [1.165, 1.54) is 10.0 Å². The SMILES string of the molecule is Cc1ccc(S(=O)(=O)n2c(C)c(OCCN(C)C)c3cc(Cl)cc(Cl)c32)c(Br)c1. The molecule has 29 heavy (non-hydrogen) atoms. The quantitative estimate of drug-likeness (QED) is 0.431. The molecular weight excluding hydrogens is 499 g/mol. The van der Waals surface area contributed by atoms with Crippen LogP contribution >= 0.6 is 39.1 Å². The minimum absolute atomic E-state index is 0.147. The van der Waals surface area contributed by atoms with E-state index in [1.807, 2.05) is 25.9 Å². The van der Waals surface area contributed by atoms with E-state index < -0.39 is 10.0 Å². The molecule has 0 saturated heterocycles. The van der Waals surface area contributed by atoms with Crippen LogP contribution in [0.4, 0.5) is 0 Å². The van der Waals surface area contributed by atoms with E-state index >= 15 is 0 Å². The first-order chi connectivity index (χ1) is 13.5. The molecule has 0 radical (unpaired) electrons. The van der Waals surface area contributed by atoms with Gasteiger partial charge in [0.05, 0.1) is 16.2 Å². The van der Waals surface area contributed by atoms with Crippen molar-refractivity contribution in [2.45, 2.75) is 18.7 Å². The summed E-state index contributed by atoms with van der Waals surface area (Å²) in [5.74, 6) is 0.457. The lowest BCUT2D eigenvalue weighted by molar-refractivity contribution is 0.262. The molecule has 0 spiro atoms. The number of hydrogen-bond donors (Lipinski definition) is 0. The fourth-order valence-corrected chi connectivity index (χ4v) is 6.48. The molecule has 0 aliphatic carbocycles. The van der Waals surface area contributed by atoms with Gasteiger partial charge in [-0.1, -0.05) is 29.3 Å². The van der Waals surface area contributed by atoms with Crippen molar-refractivity contribution in [2.75, 3.05) is 27.2 Å². The van der Waals surface area contributed by atoms with Gasteiger partial charge in [-0.25, -0.2) is 12.4 Å². The van der Waals surface area contributed by atoms with Crippen molar-refractivity contribution >= 4 is 60.1 Å². The number of aromatic nitrogens is 1. The summed E-state index contributed by atoms with van der Waals surface area (Å²) < 4.78 is 34.9. The van der Waals surface area contributed by atoms with Gasteiger partial charge in [0, 0.05) is 21.4 Å². The number of fused-ring (bicyclic) bond motifs is 1. The molecule has 9 heteroatoms. The fraction of sp³-hybridized carbons (Fsp3) is 0.300. The van der Waals surface area contributed by atoms with Gasteiger partial charge in [0.2, 0.25) is 0 Å². The lowest BCUT2D eigenvalue weighted by atomic mass is 10.2. The molecule has 0 amide bonds. The lowest BCUT2D eigenvalue weighted by Gasteiger charge is -2.13. The summed E-state index contributed by atoms with van der Waals surface area (Å²) in [7, 11) is -0.0735. The zero-order valence-corrected chi connectivity index (χ0v) is 20.4. The van der Waals surface area contributed by atoms with Crippen molar-refractivity contribution in [1.29, 1.82) is 0 Å². The Labute approximate surface area is 189 Å². The highest BCUT2D eigenvalue weighted by molar-refractivity contribution is 9.10. The van der Waals surface area contributed by atoms with Crippen LogP contribution in [0, 0.1) is 13.8 Å². The standard InChI is InChI=1S/C20H21BrCl2N2O3S/c1-12-5-6-18(16(21)9-12)29(26,27)25-13(2)20(28-8-7-24(3)4)15-10-14(22)11-17(23)19(15)25/h5-6,9-11H,7-8H2,1-4H3. The van der Waals surface area contributed by atoms with E-state index in [0.717, 1.165) is 5.56 Å². The monoisotopic (exact) mass is 518 g/mol. The summed E-state index contributed by atoms with van der Waals surface area (Å²) in [6, 6.07) is 8.31. The molecule has 3 rings (SSSR count). The maximum Gasteiger partial charge on any atom is 0.269 e. The number of halogens is 3. The highest BCUT2D eigenvalue weighted by atomic mass is 79.9. The van der Waals surface area contributed by atoms with Gasteiger partial charge < -0.3 is 9.64 Å². The number of nitrogens with zero attached hydrogens (tertiary/aromatic N) is 2. The Morgan fingerprint density at radius 3 is 2.45 bits per heavy atom. The normalized spacial score (nSPS) is 12.1. The van der Waals surface area contributed by atoms with Crippen molar-refractivity contribution in [1.82, 2.24) is 8.87 Å². The van der Waals surface area contributed by atoms with Gasteiger partial charge in [0.1, 0.15) is 17.3 Å². The Hall–Kier alpha value is -1.25. The molecular formula is C20H21BrCl2N2O3S. The van der Waals surface area contributed by atoms with E-state index in [2.05, 4.69) is 15.9 Å². The van der Waals surface area contributed by atoms with E-state index in [-0.39, 0.29) is 9.92 Å². The molecule has 0 atom stereocenters. The summed E-state index contributed by atoms with van der Waals surface area (Å²) in [4.78, 5) is 2.13. The summed E-state index contributed by atoms with van der Waals surface area (Å²) in [5.41, 5.74) is 1.73. The van der Waals surface area contributed by atoms with Gasteiger partial charge >= 0.3 is 0 Å². The third-order valence-electron chi connectivity index (χ3n) is 4.50. The maximum absolute atomic E-state index is 13.6. The molecule has 0 saturated carbocycles. The summed E-state index contributed by atoms with van der Waals surface area (Å²) in [5, 5.41) is 1.21.